The van der Waals surface area contributed by atoms with Gasteiger partial charge in [-0.1, -0.05) is 20.3 Å². The predicted octanol–water partition coefficient (Wildman–Crippen LogP) is 2.70. The molecule has 1 heterocycles. The molecule has 96 valence electrons. The number of nitrogens with one attached hydrogen (secondary N) is 1. The van der Waals surface area contributed by atoms with Crippen LogP contribution in [0.15, 0.2) is 11.6 Å². The van der Waals surface area contributed by atoms with Gasteiger partial charge >= 0.3 is 0 Å². The van der Waals surface area contributed by atoms with Gasteiger partial charge in [0.1, 0.15) is 5.01 Å². The predicted molar refractivity (Wildman–Crippen MR) is 73.1 cm³/mol. The normalized spacial score (nSPS) is 30.6. The number of rotatable bonds is 5. The van der Waals surface area contributed by atoms with E-state index < -0.39 is 0 Å². The van der Waals surface area contributed by atoms with Crippen LogP contribution in [0.25, 0.3) is 0 Å². The van der Waals surface area contributed by atoms with Crippen molar-refractivity contribution >= 4 is 11.3 Å². The van der Waals surface area contributed by atoms with Crippen LogP contribution in [0.4, 0.5) is 0 Å². The van der Waals surface area contributed by atoms with E-state index in [0.29, 0.717) is 12.1 Å². The number of hydrogen-bond donors (Lipinski definition) is 2. The topological polar surface area (TPSA) is 50.9 Å². The first-order valence-electron chi connectivity index (χ1n) is 6.54. The van der Waals surface area contributed by atoms with E-state index in [9.17, 15) is 0 Å². The highest BCUT2D eigenvalue weighted by Gasteiger charge is 2.36. The Morgan fingerprint density at radius 2 is 2.53 bits per heavy atom. The summed E-state index contributed by atoms with van der Waals surface area (Å²) in [6.45, 7) is 5.52. The lowest BCUT2D eigenvalue weighted by Crippen LogP contribution is -2.43. The molecule has 1 aromatic rings. The molecular formula is C13H23N3S. The van der Waals surface area contributed by atoms with Crippen molar-refractivity contribution in [3.63, 3.8) is 0 Å². The molecule has 0 spiro atoms. The molecule has 3 nitrogen and oxygen atoms in total. The molecule has 1 aromatic heterocycles. The fourth-order valence-electron chi connectivity index (χ4n) is 2.65. The van der Waals surface area contributed by atoms with Crippen molar-refractivity contribution in [1.29, 1.82) is 0 Å². The van der Waals surface area contributed by atoms with Crippen LogP contribution >= 0.6 is 11.3 Å². The Hall–Kier alpha value is -0.450. The van der Waals surface area contributed by atoms with Gasteiger partial charge in [0.2, 0.25) is 0 Å². The zero-order valence-corrected chi connectivity index (χ0v) is 11.6. The number of hydrogen-bond acceptors (Lipinski definition) is 4. The molecule has 0 aromatic carbocycles. The minimum absolute atomic E-state index is 0.269. The van der Waals surface area contributed by atoms with Gasteiger partial charge in [-0.3, -0.25) is 0 Å². The summed E-state index contributed by atoms with van der Waals surface area (Å²) in [7, 11) is 0. The molecule has 1 fully saturated rings. The maximum absolute atomic E-state index is 6.21. The van der Waals surface area contributed by atoms with Crippen LogP contribution in [-0.4, -0.2) is 17.6 Å². The van der Waals surface area contributed by atoms with Crippen LogP contribution in [0, 0.1) is 5.41 Å². The highest BCUT2D eigenvalue weighted by Crippen LogP contribution is 2.36. The SMILES string of the molecule is CCC(NCC1(C)CCCC1N)c1nccs1. The molecule has 1 aliphatic carbocycles. The Labute approximate surface area is 108 Å². The number of nitrogens with two attached hydrogens (primary N) is 1. The highest BCUT2D eigenvalue weighted by molar-refractivity contribution is 7.09. The van der Waals surface area contributed by atoms with Crippen LogP contribution < -0.4 is 11.1 Å². The number of thiazole rings is 1. The van der Waals surface area contributed by atoms with Gasteiger partial charge < -0.3 is 11.1 Å². The lowest BCUT2D eigenvalue weighted by molar-refractivity contribution is 0.263. The summed E-state index contributed by atoms with van der Waals surface area (Å²) >= 11 is 1.73. The second-order valence-corrected chi connectivity index (χ2v) is 6.29. The van der Waals surface area contributed by atoms with Crippen molar-refractivity contribution in [2.24, 2.45) is 11.1 Å². The molecule has 0 bridgehead atoms. The summed E-state index contributed by atoms with van der Waals surface area (Å²) in [6.07, 6.45) is 6.65. The number of nitrogens with zero attached hydrogens (tertiary/aromatic N) is 1. The zero-order chi connectivity index (χ0) is 12.3. The molecule has 0 radical (unpaired) electrons. The third-order valence-electron chi connectivity index (χ3n) is 4.07. The Balaban J connectivity index is 1.92. The van der Waals surface area contributed by atoms with E-state index in [-0.39, 0.29) is 5.41 Å². The van der Waals surface area contributed by atoms with Gasteiger partial charge in [-0.05, 0) is 24.7 Å². The van der Waals surface area contributed by atoms with Crippen LogP contribution in [0.1, 0.15) is 50.6 Å². The van der Waals surface area contributed by atoms with Gasteiger partial charge in [0.25, 0.3) is 0 Å². The minimum atomic E-state index is 0.269. The Morgan fingerprint density at radius 3 is 3.06 bits per heavy atom. The second-order valence-electron chi connectivity index (χ2n) is 5.36. The van der Waals surface area contributed by atoms with Gasteiger partial charge in [0, 0.05) is 24.2 Å². The average Bonchev–Trinajstić information content (AvgIpc) is 2.92. The van der Waals surface area contributed by atoms with E-state index in [2.05, 4.69) is 24.1 Å². The lowest BCUT2D eigenvalue weighted by Gasteiger charge is -2.31. The minimum Gasteiger partial charge on any atom is -0.327 e. The quantitative estimate of drug-likeness (QED) is 0.848. The molecule has 3 atom stereocenters. The van der Waals surface area contributed by atoms with Gasteiger partial charge in [0.05, 0.1) is 6.04 Å². The van der Waals surface area contributed by atoms with Gasteiger partial charge in [-0.15, -0.1) is 11.3 Å². The highest BCUT2D eigenvalue weighted by atomic mass is 32.1. The van der Waals surface area contributed by atoms with Gasteiger partial charge in [0.15, 0.2) is 0 Å². The molecule has 3 unspecified atom stereocenters. The molecular weight excluding hydrogens is 230 g/mol. The van der Waals surface area contributed by atoms with E-state index in [4.69, 9.17) is 5.73 Å². The second kappa shape index (κ2) is 5.46. The molecule has 2 rings (SSSR count). The first-order valence-corrected chi connectivity index (χ1v) is 7.42. The molecule has 1 aliphatic rings. The smallest absolute Gasteiger partial charge is 0.109 e. The van der Waals surface area contributed by atoms with Crippen LogP contribution in [-0.2, 0) is 0 Å². The van der Waals surface area contributed by atoms with Crippen LogP contribution in [0.5, 0.6) is 0 Å². The lowest BCUT2D eigenvalue weighted by atomic mass is 9.85. The summed E-state index contributed by atoms with van der Waals surface area (Å²) < 4.78 is 0. The summed E-state index contributed by atoms with van der Waals surface area (Å²) in [5.41, 5.74) is 6.48. The zero-order valence-electron chi connectivity index (χ0n) is 10.8. The molecule has 4 heteroatoms. The first-order chi connectivity index (χ1) is 8.15. The van der Waals surface area contributed by atoms with Crippen molar-refractivity contribution in [3.05, 3.63) is 16.6 Å². The first kappa shape index (κ1) is 13.0. The van der Waals surface area contributed by atoms with E-state index >= 15 is 0 Å². The Morgan fingerprint density at radius 1 is 1.71 bits per heavy atom. The van der Waals surface area contributed by atoms with Crippen LogP contribution in [0.2, 0.25) is 0 Å². The van der Waals surface area contributed by atoms with E-state index in [0.717, 1.165) is 13.0 Å². The van der Waals surface area contributed by atoms with Crippen molar-refractivity contribution in [1.82, 2.24) is 10.3 Å². The summed E-state index contributed by atoms with van der Waals surface area (Å²) in [6, 6.07) is 0.739. The fraction of sp³-hybridized carbons (Fsp3) is 0.769. The summed E-state index contributed by atoms with van der Waals surface area (Å²) in [4.78, 5) is 4.40. The fourth-order valence-corrected chi connectivity index (χ4v) is 3.45. The maximum Gasteiger partial charge on any atom is 0.109 e. The third-order valence-corrected chi connectivity index (χ3v) is 4.96. The Kier molecular flexibility index (Phi) is 4.17. The summed E-state index contributed by atoms with van der Waals surface area (Å²) in [5.74, 6) is 0. The largest absolute Gasteiger partial charge is 0.327 e. The van der Waals surface area contributed by atoms with E-state index in [1.165, 1.54) is 24.3 Å². The average molecular weight is 253 g/mol. The molecule has 0 saturated heterocycles. The van der Waals surface area contributed by atoms with Crippen LogP contribution in [0.3, 0.4) is 0 Å². The van der Waals surface area contributed by atoms with E-state index in [1.54, 1.807) is 11.3 Å². The molecule has 0 amide bonds. The van der Waals surface area contributed by atoms with Crippen molar-refractivity contribution < 1.29 is 0 Å². The van der Waals surface area contributed by atoms with Crippen molar-refractivity contribution in [3.8, 4) is 0 Å². The Bertz CT molecular complexity index is 338. The monoisotopic (exact) mass is 253 g/mol. The van der Waals surface area contributed by atoms with Gasteiger partial charge in [-0.2, -0.15) is 0 Å². The third kappa shape index (κ3) is 2.87. The van der Waals surface area contributed by atoms with Crippen molar-refractivity contribution in [2.75, 3.05) is 6.54 Å². The van der Waals surface area contributed by atoms with Gasteiger partial charge in [-0.25, -0.2) is 4.98 Å². The molecule has 0 aliphatic heterocycles. The number of aromatic nitrogens is 1. The standard InChI is InChI=1S/C13H23N3S/c1-3-10(12-15-7-8-17-12)16-9-13(2)6-4-5-11(13)14/h7-8,10-11,16H,3-6,9,14H2,1-2H3. The maximum atomic E-state index is 6.21. The molecule has 1 saturated carbocycles. The molecule has 3 N–H and O–H groups in total. The molecule has 17 heavy (non-hydrogen) atoms. The van der Waals surface area contributed by atoms with Crippen molar-refractivity contribution in [2.45, 2.75) is 51.6 Å². The van der Waals surface area contributed by atoms with E-state index in [1.807, 2.05) is 11.6 Å². The summed E-state index contributed by atoms with van der Waals surface area (Å²) in [5, 5.41) is 6.89.